The number of rotatable bonds is 9. The predicted octanol–water partition coefficient (Wildman–Crippen LogP) is 1.97. The second-order valence-electron chi connectivity index (χ2n) is 4.86. The van der Waals surface area contributed by atoms with Crippen LogP contribution in [0, 0.1) is 0 Å². The van der Waals surface area contributed by atoms with Crippen LogP contribution in [0.1, 0.15) is 26.2 Å². The molecular formula is C14H23N7. The molecule has 21 heavy (non-hydrogen) atoms. The molecule has 0 saturated heterocycles. The number of nitrogen functional groups attached to an aromatic ring is 1. The molecule has 4 N–H and O–H groups in total. The van der Waals surface area contributed by atoms with Crippen molar-refractivity contribution >= 4 is 17.6 Å². The monoisotopic (exact) mass is 289 g/mol. The smallest absolute Gasteiger partial charge is 0.223 e. The van der Waals surface area contributed by atoms with Crippen LogP contribution in [0.4, 0.5) is 17.6 Å². The van der Waals surface area contributed by atoms with Crippen LogP contribution in [0.25, 0.3) is 0 Å². The average molecular weight is 289 g/mol. The fourth-order valence-corrected chi connectivity index (χ4v) is 1.95. The van der Waals surface area contributed by atoms with Gasteiger partial charge in [-0.05, 0) is 19.3 Å². The average Bonchev–Trinajstić information content (AvgIpc) is 2.97. The standard InChI is InChI=1S/C14H23N7/c1-2-5-17-12-10-13(20-14(15)19-12)18-6-3-4-8-21-9-7-16-11-21/h7,9-11H,2-6,8H2,1H3,(H4,15,17,18,19,20). The van der Waals surface area contributed by atoms with E-state index in [2.05, 4.69) is 37.1 Å². The molecule has 0 radical (unpaired) electrons. The van der Waals surface area contributed by atoms with Gasteiger partial charge >= 0.3 is 0 Å². The summed E-state index contributed by atoms with van der Waals surface area (Å²) in [5.41, 5.74) is 5.71. The summed E-state index contributed by atoms with van der Waals surface area (Å²) < 4.78 is 2.08. The van der Waals surface area contributed by atoms with Gasteiger partial charge in [0.2, 0.25) is 5.95 Å². The topological polar surface area (TPSA) is 93.7 Å². The Labute approximate surface area is 125 Å². The number of hydrogen-bond donors (Lipinski definition) is 3. The molecule has 2 aromatic heterocycles. The molecule has 0 unspecified atom stereocenters. The number of hydrogen-bond acceptors (Lipinski definition) is 6. The molecule has 0 aliphatic heterocycles. The second-order valence-corrected chi connectivity index (χ2v) is 4.86. The molecule has 7 nitrogen and oxygen atoms in total. The maximum atomic E-state index is 5.71. The summed E-state index contributed by atoms with van der Waals surface area (Å²) in [5.74, 6) is 1.83. The highest BCUT2D eigenvalue weighted by molar-refractivity contribution is 5.50. The molecule has 114 valence electrons. The minimum absolute atomic E-state index is 0.289. The van der Waals surface area contributed by atoms with Gasteiger partial charge in [0.05, 0.1) is 6.33 Å². The lowest BCUT2D eigenvalue weighted by Crippen LogP contribution is -2.09. The number of aromatic nitrogens is 4. The Morgan fingerprint density at radius 1 is 1.14 bits per heavy atom. The summed E-state index contributed by atoms with van der Waals surface area (Å²) in [4.78, 5) is 12.4. The van der Waals surface area contributed by atoms with E-state index in [1.807, 2.05) is 18.6 Å². The largest absolute Gasteiger partial charge is 0.370 e. The Morgan fingerprint density at radius 2 is 1.90 bits per heavy atom. The third kappa shape index (κ3) is 5.29. The minimum atomic E-state index is 0.289. The van der Waals surface area contributed by atoms with Crippen molar-refractivity contribution in [1.82, 2.24) is 19.5 Å². The Morgan fingerprint density at radius 3 is 2.57 bits per heavy atom. The molecule has 0 atom stereocenters. The van der Waals surface area contributed by atoms with Crippen LogP contribution in [-0.2, 0) is 6.54 Å². The molecule has 0 spiro atoms. The van der Waals surface area contributed by atoms with Crippen molar-refractivity contribution in [2.24, 2.45) is 0 Å². The van der Waals surface area contributed by atoms with E-state index in [1.165, 1.54) is 0 Å². The molecule has 0 aliphatic rings. The van der Waals surface area contributed by atoms with Crippen molar-refractivity contribution < 1.29 is 0 Å². The molecular weight excluding hydrogens is 266 g/mol. The number of unbranched alkanes of at least 4 members (excludes halogenated alkanes) is 1. The van der Waals surface area contributed by atoms with Gasteiger partial charge in [0, 0.05) is 38.1 Å². The van der Waals surface area contributed by atoms with Crippen LogP contribution < -0.4 is 16.4 Å². The van der Waals surface area contributed by atoms with Crippen molar-refractivity contribution in [1.29, 1.82) is 0 Å². The summed E-state index contributed by atoms with van der Waals surface area (Å²) >= 11 is 0. The highest BCUT2D eigenvalue weighted by Gasteiger charge is 2.01. The number of nitrogens with two attached hydrogens (primary N) is 1. The van der Waals surface area contributed by atoms with Crippen LogP contribution in [0.15, 0.2) is 24.8 Å². The van der Waals surface area contributed by atoms with E-state index in [0.717, 1.165) is 50.5 Å². The zero-order chi connectivity index (χ0) is 14.9. The lowest BCUT2D eigenvalue weighted by atomic mass is 10.3. The van der Waals surface area contributed by atoms with E-state index >= 15 is 0 Å². The number of nitrogens with zero attached hydrogens (tertiary/aromatic N) is 4. The third-order valence-electron chi connectivity index (χ3n) is 3.01. The second kappa shape index (κ2) is 8.08. The van der Waals surface area contributed by atoms with E-state index in [1.54, 1.807) is 6.20 Å². The SMILES string of the molecule is CCCNc1cc(NCCCCn2ccnc2)nc(N)n1. The Bertz CT molecular complexity index is 524. The normalized spacial score (nSPS) is 10.5. The Hall–Kier alpha value is -2.31. The van der Waals surface area contributed by atoms with Crippen molar-refractivity contribution in [3.05, 3.63) is 24.8 Å². The van der Waals surface area contributed by atoms with Crippen LogP contribution in [0.3, 0.4) is 0 Å². The van der Waals surface area contributed by atoms with Gasteiger partial charge in [-0.2, -0.15) is 9.97 Å². The number of anilines is 3. The lowest BCUT2D eigenvalue weighted by Gasteiger charge is -2.09. The van der Waals surface area contributed by atoms with Crippen molar-refractivity contribution in [2.75, 3.05) is 29.5 Å². The molecule has 0 bridgehead atoms. The summed E-state index contributed by atoms with van der Waals surface area (Å²) in [5, 5.41) is 6.50. The van der Waals surface area contributed by atoms with Gasteiger partial charge < -0.3 is 20.9 Å². The van der Waals surface area contributed by atoms with Crippen LogP contribution >= 0.6 is 0 Å². The molecule has 0 amide bonds. The van der Waals surface area contributed by atoms with E-state index < -0.39 is 0 Å². The highest BCUT2D eigenvalue weighted by atomic mass is 15.1. The molecule has 2 aromatic rings. The Balaban J connectivity index is 1.73. The van der Waals surface area contributed by atoms with E-state index in [0.29, 0.717) is 0 Å². The predicted molar refractivity (Wildman–Crippen MR) is 85.2 cm³/mol. The number of aryl methyl sites for hydroxylation is 1. The van der Waals surface area contributed by atoms with Crippen molar-refractivity contribution in [3.63, 3.8) is 0 Å². The van der Waals surface area contributed by atoms with Crippen LogP contribution in [0.2, 0.25) is 0 Å². The van der Waals surface area contributed by atoms with E-state index in [4.69, 9.17) is 5.73 Å². The fourth-order valence-electron chi connectivity index (χ4n) is 1.95. The summed E-state index contributed by atoms with van der Waals surface area (Å²) in [7, 11) is 0. The van der Waals surface area contributed by atoms with Gasteiger partial charge in [-0.1, -0.05) is 6.92 Å². The maximum Gasteiger partial charge on any atom is 0.223 e. The molecule has 2 heterocycles. The summed E-state index contributed by atoms with van der Waals surface area (Å²) in [6.07, 6.45) is 8.80. The first-order valence-corrected chi connectivity index (χ1v) is 7.36. The molecule has 7 heteroatoms. The quantitative estimate of drug-likeness (QED) is 0.611. The molecule has 0 aliphatic carbocycles. The Kier molecular flexibility index (Phi) is 5.81. The molecule has 2 rings (SSSR count). The van der Waals surface area contributed by atoms with Crippen LogP contribution in [0.5, 0.6) is 0 Å². The van der Waals surface area contributed by atoms with E-state index in [-0.39, 0.29) is 5.95 Å². The van der Waals surface area contributed by atoms with Gasteiger partial charge in [-0.25, -0.2) is 4.98 Å². The molecule has 0 aromatic carbocycles. The van der Waals surface area contributed by atoms with Crippen molar-refractivity contribution in [2.45, 2.75) is 32.7 Å². The lowest BCUT2D eigenvalue weighted by molar-refractivity contribution is 0.620. The summed E-state index contributed by atoms with van der Waals surface area (Å²) in [6, 6.07) is 1.89. The number of imidazole rings is 1. The van der Waals surface area contributed by atoms with Gasteiger partial charge in [-0.3, -0.25) is 0 Å². The van der Waals surface area contributed by atoms with Gasteiger partial charge in [0.15, 0.2) is 0 Å². The van der Waals surface area contributed by atoms with Crippen LogP contribution in [-0.4, -0.2) is 32.6 Å². The maximum absolute atomic E-state index is 5.71. The van der Waals surface area contributed by atoms with Gasteiger partial charge in [0.25, 0.3) is 0 Å². The zero-order valence-corrected chi connectivity index (χ0v) is 12.4. The minimum Gasteiger partial charge on any atom is -0.370 e. The fraction of sp³-hybridized carbons (Fsp3) is 0.500. The molecule has 0 saturated carbocycles. The number of nitrogens with one attached hydrogen (secondary N) is 2. The first-order chi connectivity index (χ1) is 10.3. The first kappa shape index (κ1) is 15.1. The third-order valence-corrected chi connectivity index (χ3v) is 3.01. The van der Waals surface area contributed by atoms with E-state index in [9.17, 15) is 0 Å². The van der Waals surface area contributed by atoms with Crippen molar-refractivity contribution in [3.8, 4) is 0 Å². The highest BCUT2D eigenvalue weighted by Crippen LogP contribution is 2.12. The molecule has 0 fully saturated rings. The zero-order valence-electron chi connectivity index (χ0n) is 12.4. The van der Waals surface area contributed by atoms with Gasteiger partial charge in [0.1, 0.15) is 11.6 Å². The first-order valence-electron chi connectivity index (χ1n) is 7.36. The van der Waals surface area contributed by atoms with Gasteiger partial charge in [-0.15, -0.1) is 0 Å². The summed E-state index contributed by atoms with van der Waals surface area (Å²) in [6.45, 7) is 4.83.